The molecule has 0 saturated heterocycles. The highest BCUT2D eigenvalue weighted by Crippen LogP contribution is 2.42. The first-order chi connectivity index (χ1) is 20.0. The van der Waals surface area contributed by atoms with Gasteiger partial charge in [0, 0.05) is 34.1 Å². The molecule has 41 heavy (non-hydrogen) atoms. The second-order valence-electron chi connectivity index (χ2n) is 10.4. The number of thioether (sulfide) groups is 1. The first kappa shape index (κ1) is 26.7. The van der Waals surface area contributed by atoms with Gasteiger partial charge in [-0.3, -0.25) is 9.59 Å². The van der Waals surface area contributed by atoms with Crippen LogP contribution in [0.15, 0.2) is 107 Å². The predicted octanol–water partition coefficient (Wildman–Crippen LogP) is 7.44. The van der Waals surface area contributed by atoms with E-state index in [2.05, 4.69) is 60.5 Å². The summed E-state index contributed by atoms with van der Waals surface area (Å²) in [5.74, 6) is -0.130. The Bertz CT molecular complexity index is 1790. The van der Waals surface area contributed by atoms with Crippen molar-refractivity contribution in [2.45, 2.75) is 31.7 Å². The van der Waals surface area contributed by atoms with Gasteiger partial charge in [-0.25, -0.2) is 0 Å². The molecule has 1 aliphatic heterocycles. The molecule has 0 radical (unpaired) electrons. The minimum absolute atomic E-state index is 0.0197. The third kappa shape index (κ3) is 5.70. The summed E-state index contributed by atoms with van der Waals surface area (Å²) >= 11 is 1.49. The van der Waals surface area contributed by atoms with Gasteiger partial charge in [-0.15, -0.1) is 0 Å². The van der Waals surface area contributed by atoms with E-state index in [9.17, 15) is 9.59 Å². The molecule has 4 aromatic carbocycles. The number of H-pyrrole nitrogens is 1. The number of amides is 2. The largest absolute Gasteiger partial charge is 0.361 e. The molecule has 2 amide bonds. The molecular formula is C35H31N3O2S. The first-order valence-electron chi connectivity index (χ1n) is 13.8. The van der Waals surface area contributed by atoms with Gasteiger partial charge in [0.2, 0.25) is 0 Å². The van der Waals surface area contributed by atoms with Crippen LogP contribution in [0.3, 0.4) is 0 Å². The standard InChI is InChI=1S/C35H31N3O2S/c1-23-11-12-24(2)28(19-23)22-38-31-9-5-6-10-32(31)41-33(35(38)40)20-25-13-15-26(16-14-25)34(39)36-18-17-27-21-37-30-8-4-3-7-29(27)30/h3-16,19-21,37H,17-18,22H2,1-2H3,(H,36,39). The van der Waals surface area contributed by atoms with Crippen molar-refractivity contribution in [1.82, 2.24) is 10.3 Å². The van der Waals surface area contributed by atoms with Crippen LogP contribution in [0.4, 0.5) is 5.69 Å². The Balaban J connectivity index is 1.16. The van der Waals surface area contributed by atoms with E-state index in [1.54, 1.807) is 0 Å². The SMILES string of the molecule is Cc1ccc(C)c(CN2C(=O)C(=Cc3ccc(C(=O)NCCc4c[nH]c5ccccc45)cc3)Sc3ccccc32)c1. The summed E-state index contributed by atoms with van der Waals surface area (Å²) in [6.07, 6.45) is 4.67. The number of aromatic nitrogens is 1. The lowest BCUT2D eigenvalue weighted by atomic mass is 10.0. The van der Waals surface area contributed by atoms with Gasteiger partial charge in [-0.2, -0.15) is 0 Å². The van der Waals surface area contributed by atoms with Crippen LogP contribution in [0, 0.1) is 13.8 Å². The molecular weight excluding hydrogens is 526 g/mol. The van der Waals surface area contributed by atoms with Crippen LogP contribution in [0.2, 0.25) is 0 Å². The van der Waals surface area contributed by atoms with E-state index in [0.717, 1.165) is 33.6 Å². The molecule has 204 valence electrons. The van der Waals surface area contributed by atoms with Crippen molar-refractivity contribution >= 4 is 46.2 Å². The zero-order valence-corrected chi connectivity index (χ0v) is 23.9. The molecule has 2 heterocycles. The number of nitrogens with zero attached hydrogens (tertiary/aromatic N) is 1. The highest BCUT2D eigenvalue weighted by Gasteiger charge is 2.29. The number of carbonyl (C=O) groups is 2. The fourth-order valence-electron chi connectivity index (χ4n) is 5.19. The van der Waals surface area contributed by atoms with Gasteiger partial charge >= 0.3 is 0 Å². The van der Waals surface area contributed by atoms with Crippen LogP contribution in [-0.4, -0.2) is 23.3 Å². The maximum Gasteiger partial charge on any atom is 0.265 e. The smallest absolute Gasteiger partial charge is 0.265 e. The summed E-state index contributed by atoms with van der Waals surface area (Å²) in [5, 5.41) is 4.21. The van der Waals surface area contributed by atoms with E-state index in [1.807, 2.05) is 71.8 Å². The van der Waals surface area contributed by atoms with Gasteiger partial charge in [0.15, 0.2) is 0 Å². The van der Waals surface area contributed by atoms with Crippen LogP contribution >= 0.6 is 11.8 Å². The van der Waals surface area contributed by atoms with Crippen LogP contribution in [0.25, 0.3) is 17.0 Å². The van der Waals surface area contributed by atoms with Gasteiger partial charge in [0.1, 0.15) is 0 Å². The van der Waals surface area contributed by atoms with Gasteiger partial charge in [-0.05, 0) is 78.9 Å². The van der Waals surface area contributed by atoms with E-state index in [1.165, 1.54) is 33.8 Å². The molecule has 1 aromatic heterocycles. The van der Waals surface area contributed by atoms with Crippen LogP contribution in [0.5, 0.6) is 0 Å². The molecule has 6 heteroatoms. The number of aryl methyl sites for hydroxylation is 2. The first-order valence-corrected chi connectivity index (χ1v) is 14.6. The topological polar surface area (TPSA) is 65.2 Å². The number of carbonyl (C=O) groups excluding carboxylic acids is 2. The third-order valence-electron chi connectivity index (χ3n) is 7.49. The second-order valence-corrected chi connectivity index (χ2v) is 11.5. The van der Waals surface area contributed by atoms with Gasteiger partial charge < -0.3 is 15.2 Å². The summed E-state index contributed by atoms with van der Waals surface area (Å²) in [6.45, 7) is 5.22. The average Bonchev–Trinajstić information content (AvgIpc) is 3.40. The molecule has 5 nitrogen and oxygen atoms in total. The summed E-state index contributed by atoms with van der Waals surface area (Å²) < 4.78 is 0. The molecule has 0 bridgehead atoms. The molecule has 0 saturated carbocycles. The lowest BCUT2D eigenvalue weighted by molar-refractivity contribution is -0.114. The Kier molecular flexibility index (Phi) is 7.49. The number of fused-ring (bicyclic) bond motifs is 2. The predicted molar refractivity (Wildman–Crippen MR) is 168 cm³/mol. The zero-order chi connectivity index (χ0) is 28.3. The summed E-state index contributed by atoms with van der Waals surface area (Å²) in [7, 11) is 0. The number of para-hydroxylation sites is 2. The van der Waals surface area contributed by atoms with Crippen molar-refractivity contribution in [3.8, 4) is 0 Å². The quantitative estimate of drug-likeness (QED) is 0.205. The highest BCUT2D eigenvalue weighted by molar-refractivity contribution is 8.04. The third-order valence-corrected chi connectivity index (χ3v) is 8.57. The van der Waals surface area contributed by atoms with Crippen molar-refractivity contribution in [3.05, 3.63) is 135 Å². The number of nitrogens with one attached hydrogen (secondary N) is 2. The monoisotopic (exact) mass is 557 g/mol. The van der Waals surface area contributed by atoms with E-state index in [4.69, 9.17) is 0 Å². The lowest BCUT2D eigenvalue weighted by Crippen LogP contribution is -2.34. The molecule has 0 aliphatic carbocycles. The van der Waals surface area contributed by atoms with Crippen molar-refractivity contribution in [2.24, 2.45) is 0 Å². The number of hydrogen-bond acceptors (Lipinski definition) is 3. The normalized spacial score (nSPS) is 14.0. The second kappa shape index (κ2) is 11.5. The Morgan fingerprint density at radius 3 is 2.56 bits per heavy atom. The van der Waals surface area contributed by atoms with Crippen LogP contribution in [-0.2, 0) is 17.8 Å². The van der Waals surface area contributed by atoms with Crippen molar-refractivity contribution < 1.29 is 9.59 Å². The molecule has 0 fully saturated rings. The Labute approximate surface area is 244 Å². The van der Waals surface area contributed by atoms with Gasteiger partial charge in [0.25, 0.3) is 11.8 Å². The molecule has 0 spiro atoms. The summed E-state index contributed by atoms with van der Waals surface area (Å²) in [5.41, 5.74) is 8.17. The Morgan fingerprint density at radius 1 is 0.927 bits per heavy atom. The van der Waals surface area contributed by atoms with Gasteiger partial charge in [-0.1, -0.05) is 78.0 Å². The number of aromatic amines is 1. The van der Waals surface area contributed by atoms with Crippen LogP contribution < -0.4 is 10.2 Å². The van der Waals surface area contributed by atoms with E-state index < -0.39 is 0 Å². The van der Waals surface area contributed by atoms with Gasteiger partial charge in [0.05, 0.1) is 17.1 Å². The average molecular weight is 558 g/mol. The van der Waals surface area contributed by atoms with E-state index in [-0.39, 0.29) is 11.8 Å². The maximum atomic E-state index is 13.7. The molecule has 0 unspecified atom stereocenters. The number of rotatable bonds is 7. The summed E-state index contributed by atoms with van der Waals surface area (Å²) in [4.78, 5) is 33.4. The molecule has 2 N–H and O–H groups in total. The fraction of sp³-hybridized carbons (Fsp3) is 0.143. The molecule has 0 atom stereocenters. The minimum Gasteiger partial charge on any atom is -0.361 e. The number of hydrogen-bond donors (Lipinski definition) is 2. The maximum absolute atomic E-state index is 13.7. The number of benzene rings is 4. The number of anilines is 1. The minimum atomic E-state index is -0.110. The van der Waals surface area contributed by atoms with E-state index in [0.29, 0.717) is 23.6 Å². The fourth-order valence-corrected chi connectivity index (χ4v) is 6.25. The molecule has 5 aromatic rings. The highest BCUT2D eigenvalue weighted by atomic mass is 32.2. The Hall–Kier alpha value is -4.55. The Morgan fingerprint density at radius 2 is 1.71 bits per heavy atom. The van der Waals surface area contributed by atoms with E-state index >= 15 is 0 Å². The molecule has 1 aliphatic rings. The van der Waals surface area contributed by atoms with Crippen molar-refractivity contribution in [3.63, 3.8) is 0 Å². The summed E-state index contributed by atoms with van der Waals surface area (Å²) in [6, 6.07) is 30.0. The van der Waals surface area contributed by atoms with Crippen molar-refractivity contribution in [1.29, 1.82) is 0 Å². The lowest BCUT2D eigenvalue weighted by Gasteiger charge is -2.31. The van der Waals surface area contributed by atoms with Crippen LogP contribution in [0.1, 0.15) is 38.2 Å². The molecule has 6 rings (SSSR count). The zero-order valence-electron chi connectivity index (χ0n) is 23.1. The van der Waals surface area contributed by atoms with Crippen molar-refractivity contribution in [2.75, 3.05) is 11.4 Å².